The smallest absolute Gasteiger partial charge is 0.408 e. The van der Waals surface area contributed by atoms with Crippen LogP contribution in [-0.4, -0.2) is 27.8 Å². The van der Waals surface area contributed by atoms with Crippen LogP contribution in [0, 0.1) is 0 Å². The van der Waals surface area contributed by atoms with Crippen LogP contribution in [0.1, 0.15) is 38.8 Å². The minimum absolute atomic E-state index is 0.221. The summed E-state index contributed by atoms with van der Waals surface area (Å²) < 4.78 is 5.21. The van der Waals surface area contributed by atoms with Gasteiger partial charge in [-0.1, -0.05) is 18.2 Å². The van der Waals surface area contributed by atoms with Crippen LogP contribution in [0.4, 0.5) is 4.79 Å². The molecule has 1 amide bonds. The Morgan fingerprint density at radius 3 is 2.64 bits per heavy atom. The number of aromatic nitrogens is 1. The summed E-state index contributed by atoms with van der Waals surface area (Å²) in [5.74, 6) is -0.994. The number of carbonyl (C=O) groups is 2. The lowest BCUT2D eigenvalue weighted by Gasteiger charge is -2.23. The number of nitrogens with one attached hydrogen (secondary N) is 2. The van der Waals surface area contributed by atoms with Crippen LogP contribution in [-0.2, 0) is 9.53 Å². The Balaban J connectivity index is 2.26. The molecule has 0 aliphatic heterocycles. The number of para-hydroxylation sites is 1. The number of fused-ring (bicyclic) bond motifs is 1. The van der Waals surface area contributed by atoms with Crippen molar-refractivity contribution in [1.29, 1.82) is 0 Å². The standard InChI is InChI=1S/C16H20N2O4/c1-16(2,3)22-15(21)18-13(8-14(19)20)11-9-17-12-7-5-4-6-10(11)12/h4-7,9,13,17H,8H2,1-3H3,(H,18,21)(H,19,20). The normalized spacial score (nSPS) is 12.9. The minimum atomic E-state index is -0.994. The molecule has 6 heteroatoms. The molecule has 2 rings (SSSR count). The second kappa shape index (κ2) is 6.09. The van der Waals surface area contributed by atoms with Crippen LogP contribution >= 0.6 is 0 Å². The first kappa shape index (κ1) is 15.9. The lowest BCUT2D eigenvalue weighted by Crippen LogP contribution is -2.35. The van der Waals surface area contributed by atoms with E-state index >= 15 is 0 Å². The summed E-state index contributed by atoms with van der Waals surface area (Å²) in [6, 6.07) is 6.86. The molecular weight excluding hydrogens is 284 g/mol. The van der Waals surface area contributed by atoms with E-state index in [0.717, 1.165) is 16.5 Å². The van der Waals surface area contributed by atoms with Crippen molar-refractivity contribution in [2.24, 2.45) is 0 Å². The number of H-pyrrole nitrogens is 1. The molecule has 0 spiro atoms. The number of carboxylic acids is 1. The summed E-state index contributed by atoms with van der Waals surface area (Å²) in [7, 11) is 0. The molecule has 0 saturated heterocycles. The van der Waals surface area contributed by atoms with Gasteiger partial charge in [-0.25, -0.2) is 4.79 Å². The van der Waals surface area contributed by atoms with Crippen LogP contribution in [0.5, 0.6) is 0 Å². The molecule has 0 bridgehead atoms. The van der Waals surface area contributed by atoms with Gasteiger partial charge in [0, 0.05) is 22.7 Å². The molecule has 0 aliphatic rings. The van der Waals surface area contributed by atoms with Crippen molar-refractivity contribution in [3.8, 4) is 0 Å². The van der Waals surface area contributed by atoms with Crippen molar-refractivity contribution >= 4 is 23.0 Å². The molecular formula is C16H20N2O4. The van der Waals surface area contributed by atoms with Crippen LogP contribution < -0.4 is 5.32 Å². The number of hydrogen-bond donors (Lipinski definition) is 3. The van der Waals surface area contributed by atoms with Gasteiger partial charge in [0.05, 0.1) is 12.5 Å². The highest BCUT2D eigenvalue weighted by Crippen LogP contribution is 2.26. The zero-order chi connectivity index (χ0) is 16.3. The number of benzene rings is 1. The van der Waals surface area contributed by atoms with E-state index in [0.29, 0.717) is 0 Å². The number of carbonyl (C=O) groups excluding carboxylic acids is 1. The molecule has 3 N–H and O–H groups in total. The Morgan fingerprint density at radius 2 is 2.00 bits per heavy atom. The second-order valence-electron chi connectivity index (χ2n) is 6.09. The average molecular weight is 304 g/mol. The molecule has 0 radical (unpaired) electrons. The van der Waals surface area contributed by atoms with Crippen molar-refractivity contribution in [3.63, 3.8) is 0 Å². The van der Waals surface area contributed by atoms with E-state index in [4.69, 9.17) is 9.84 Å². The fraction of sp³-hybridized carbons (Fsp3) is 0.375. The molecule has 2 aromatic rings. The van der Waals surface area contributed by atoms with E-state index in [-0.39, 0.29) is 6.42 Å². The van der Waals surface area contributed by atoms with E-state index < -0.39 is 23.7 Å². The fourth-order valence-corrected chi connectivity index (χ4v) is 2.25. The van der Waals surface area contributed by atoms with Gasteiger partial charge in [0.15, 0.2) is 0 Å². The van der Waals surface area contributed by atoms with E-state index in [9.17, 15) is 9.59 Å². The van der Waals surface area contributed by atoms with Gasteiger partial charge in [0.1, 0.15) is 5.60 Å². The van der Waals surface area contributed by atoms with Gasteiger partial charge in [-0.3, -0.25) is 4.79 Å². The number of carboxylic acid groups (broad SMARTS) is 1. The summed E-state index contributed by atoms with van der Waals surface area (Å²) in [6.07, 6.45) is 0.862. The Bertz CT molecular complexity index is 685. The molecule has 22 heavy (non-hydrogen) atoms. The third-order valence-corrected chi connectivity index (χ3v) is 3.07. The van der Waals surface area contributed by atoms with Gasteiger partial charge in [0.25, 0.3) is 0 Å². The zero-order valence-corrected chi connectivity index (χ0v) is 12.8. The Hall–Kier alpha value is -2.50. The van der Waals surface area contributed by atoms with E-state index in [1.807, 2.05) is 24.3 Å². The average Bonchev–Trinajstić information content (AvgIpc) is 2.78. The molecule has 0 aliphatic carbocycles. The SMILES string of the molecule is CC(C)(C)OC(=O)NC(CC(=O)O)c1c[nH]c2ccccc12. The molecule has 1 aromatic carbocycles. The summed E-state index contributed by atoms with van der Waals surface area (Å²) in [5, 5.41) is 12.6. The van der Waals surface area contributed by atoms with Gasteiger partial charge < -0.3 is 20.1 Å². The Morgan fingerprint density at radius 1 is 1.32 bits per heavy atom. The number of aliphatic carboxylic acids is 1. The minimum Gasteiger partial charge on any atom is -0.481 e. The maximum absolute atomic E-state index is 11.9. The third-order valence-electron chi connectivity index (χ3n) is 3.07. The molecule has 1 unspecified atom stereocenters. The first-order chi connectivity index (χ1) is 10.3. The third kappa shape index (κ3) is 4.00. The summed E-state index contributed by atoms with van der Waals surface area (Å²) in [6.45, 7) is 5.26. The van der Waals surface area contributed by atoms with Gasteiger partial charge in [-0.15, -0.1) is 0 Å². The predicted octanol–water partition coefficient (Wildman–Crippen LogP) is 3.21. The van der Waals surface area contributed by atoms with E-state index in [1.165, 1.54) is 0 Å². The van der Waals surface area contributed by atoms with Crippen molar-refractivity contribution in [2.75, 3.05) is 0 Å². The van der Waals surface area contributed by atoms with Gasteiger partial charge >= 0.3 is 12.1 Å². The number of rotatable bonds is 4. The second-order valence-corrected chi connectivity index (χ2v) is 6.09. The molecule has 6 nitrogen and oxygen atoms in total. The van der Waals surface area contributed by atoms with Gasteiger partial charge in [-0.05, 0) is 26.8 Å². The molecule has 0 saturated carbocycles. The lowest BCUT2D eigenvalue weighted by atomic mass is 10.0. The largest absolute Gasteiger partial charge is 0.481 e. The number of amides is 1. The fourth-order valence-electron chi connectivity index (χ4n) is 2.25. The maximum Gasteiger partial charge on any atom is 0.408 e. The zero-order valence-electron chi connectivity index (χ0n) is 12.8. The number of hydrogen-bond acceptors (Lipinski definition) is 3. The number of aromatic amines is 1. The molecule has 118 valence electrons. The summed E-state index contributed by atoms with van der Waals surface area (Å²) in [4.78, 5) is 26.1. The van der Waals surface area contributed by atoms with Crippen LogP contribution in [0.3, 0.4) is 0 Å². The Labute approximate surface area is 128 Å². The molecule has 1 aromatic heterocycles. The highest BCUT2D eigenvalue weighted by atomic mass is 16.6. The van der Waals surface area contributed by atoms with Crippen LogP contribution in [0.25, 0.3) is 10.9 Å². The highest BCUT2D eigenvalue weighted by Gasteiger charge is 2.24. The van der Waals surface area contributed by atoms with Crippen molar-refractivity contribution in [3.05, 3.63) is 36.0 Å². The molecule has 1 heterocycles. The molecule has 1 atom stereocenters. The topological polar surface area (TPSA) is 91.4 Å². The van der Waals surface area contributed by atoms with Crippen molar-refractivity contribution in [1.82, 2.24) is 10.3 Å². The number of alkyl carbamates (subject to hydrolysis) is 1. The monoisotopic (exact) mass is 304 g/mol. The predicted molar refractivity (Wildman–Crippen MR) is 82.7 cm³/mol. The number of ether oxygens (including phenoxy) is 1. The summed E-state index contributed by atoms with van der Waals surface area (Å²) in [5.41, 5.74) is 0.973. The van der Waals surface area contributed by atoms with Crippen molar-refractivity contribution < 1.29 is 19.4 Å². The van der Waals surface area contributed by atoms with Crippen LogP contribution in [0.2, 0.25) is 0 Å². The summed E-state index contributed by atoms with van der Waals surface area (Å²) >= 11 is 0. The van der Waals surface area contributed by atoms with Crippen LogP contribution in [0.15, 0.2) is 30.5 Å². The maximum atomic E-state index is 11.9. The first-order valence-electron chi connectivity index (χ1n) is 7.03. The first-order valence-corrected chi connectivity index (χ1v) is 7.03. The van der Waals surface area contributed by atoms with Gasteiger partial charge in [0.2, 0.25) is 0 Å². The van der Waals surface area contributed by atoms with Gasteiger partial charge in [-0.2, -0.15) is 0 Å². The van der Waals surface area contributed by atoms with E-state index in [1.54, 1.807) is 27.0 Å². The lowest BCUT2D eigenvalue weighted by molar-refractivity contribution is -0.137. The quantitative estimate of drug-likeness (QED) is 0.808. The highest BCUT2D eigenvalue weighted by molar-refractivity contribution is 5.85. The Kier molecular flexibility index (Phi) is 4.40. The molecule has 0 fully saturated rings. The van der Waals surface area contributed by atoms with Crippen molar-refractivity contribution in [2.45, 2.75) is 38.8 Å². The van der Waals surface area contributed by atoms with E-state index in [2.05, 4.69) is 10.3 Å².